The summed E-state index contributed by atoms with van der Waals surface area (Å²) in [7, 11) is 0. The Morgan fingerprint density at radius 2 is 2.04 bits per heavy atom. The van der Waals surface area contributed by atoms with Crippen LogP contribution in [0.15, 0.2) is 52.5 Å². The first kappa shape index (κ1) is 14.8. The van der Waals surface area contributed by atoms with Crippen LogP contribution in [0, 0.1) is 11.6 Å². The summed E-state index contributed by atoms with van der Waals surface area (Å²) in [5.41, 5.74) is 1.64. The van der Waals surface area contributed by atoms with Gasteiger partial charge < -0.3 is 4.42 Å². The van der Waals surface area contributed by atoms with Gasteiger partial charge in [-0.05, 0) is 24.5 Å². The van der Waals surface area contributed by atoms with Crippen molar-refractivity contribution in [1.29, 1.82) is 0 Å². The molecule has 0 saturated heterocycles. The van der Waals surface area contributed by atoms with Crippen molar-refractivity contribution in [2.45, 2.75) is 5.16 Å². The molecule has 0 radical (unpaired) electrons. The number of halogens is 2. The predicted octanol–water partition coefficient (Wildman–Crippen LogP) is 4.05. The van der Waals surface area contributed by atoms with E-state index in [0.29, 0.717) is 28.1 Å². The highest BCUT2D eigenvalue weighted by molar-refractivity contribution is 7.98. The number of hydrogen-bond donors (Lipinski definition) is 0. The van der Waals surface area contributed by atoms with Crippen molar-refractivity contribution in [3.05, 3.63) is 54.6 Å². The summed E-state index contributed by atoms with van der Waals surface area (Å²) >= 11 is 1.40. The van der Waals surface area contributed by atoms with Gasteiger partial charge in [0.25, 0.3) is 0 Å². The Kier molecular flexibility index (Phi) is 3.53. The molecule has 0 aliphatic carbocycles. The molecule has 0 aliphatic rings. The van der Waals surface area contributed by atoms with E-state index in [2.05, 4.69) is 15.0 Å². The van der Waals surface area contributed by atoms with Crippen LogP contribution < -0.4 is 0 Å². The zero-order valence-electron chi connectivity index (χ0n) is 12.4. The van der Waals surface area contributed by atoms with Crippen molar-refractivity contribution in [3.63, 3.8) is 0 Å². The highest BCUT2D eigenvalue weighted by atomic mass is 32.2. The van der Waals surface area contributed by atoms with Crippen molar-refractivity contribution < 1.29 is 13.2 Å². The molecule has 0 spiro atoms. The Labute approximate surface area is 139 Å². The molecule has 3 aromatic heterocycles. The fourth-order valence-electron chi connectivity index (χ4n) is 2.47. The summed E-state index contributed by atoms with van der Waals surface area (Å²) in [5.74, 6) is -1.04. The quantitative estimate of drug-likeness (QED) is 0.414. The van der Waals surface area contributed by atoms with Gasteiger partial charge in [0, 0.05) is 24.0 Å². The summed E-state index contributed by atoms with van der Waals surface area (Å²) in [6, 6.07) is 5.08. The van der Waals surface area contributed by atoms with Crippen LogP contribution in [0.2, 0.25) is 0 Å². The number of hydrogen-bond acceptors (Lipinski definition) is 5. The molecule has 0 bridgehead atoms. The third-order valence-electron chi connectivity index (χ3n) is 3.51. The maximum Gasteiger partial charge on any atom is 0.306 e. The lowest BCUT2D eigenvalue weighted by molar-refractivity contribution is 0.585. The molecule has 4 rings (SSSR count). The first-order valence-corrected chi connectivity index (χ1v) is 8.18. The Morgan fingerprint density at radius 3 is 2.83 bits per heavy atom. The average Bonchev–Trinajstić information content (AvgIpc) is 3.15. The van der Waals surface area contributed by atoms with Crippen LogP contribution in [0.3, 0.4) is 0 Å². The molecular weight excluding hydrogens is 334 g/mol. The van der Waals surface area contributed by atoms with Gasteiger partial charge in [-0.2, -0.15) is 4.98 Å². The molecule has 4 aromatic rings. The van der Waals surface area contributed by atoms with Crippen molar-refractivity contribution >= 4 is 17.6 Å². The number of benzene rings is 1. The molecule has 0 aliphatic heterocycles. The second-order valence-corrected chi connectivity index (χ2v) is 5.69. The lowest BCUT2D eigenvalue weighted by Gasteiger charge is -2.06. The van der Waals surface area contributed by atoms with Gasteiger partial charge in [-0.25, -0.2) is 18.7 Å². The summed E-state index contributed by atoms with van der Waals surface area (Å²) in [5, 5.41) is 0.580. The number of fused-ring (bicyclic) bond motifs is 1. The number of imidazole rings is 1. The summed E-state index contributed by atoms with van der Waals surface area (Å²) in [6.07, 6.45) is 6.64. The molecule has 0 fully saturated rings. The first-order valence-electron chi connectivity index (χ1n) is 6.96. The average molecular weight is 344 g/mol. The number of oxazole rings is 1. The molecule has 8 heteroatoms. The fourth-order valence-corrected chi connectivity index (χ4v) is 2.83. The standard InChI is InChI=1S/C16H10F2N4OS/c1-24-15-19-5-4-12(20-15)14-13(21-16-22(14)6-7-23-16)10-3-2-9(17)8-11(10)18/h2-8H,1H3. The van der Waals surface area contributed by atoms with E-state index in [1.165, 1.54) is 30.2 Å². The summed E-state index contributed by atoms with van der Waals surface area (Å²) in [6.45, 7) is 0. The lowest BCUT2D eigenvalue weighted by atomic mass is 10.1. The van der Waals surface area contributed by atoms with Crippen LogP contribution in [0.4, 0.5) is 8.78 Å². The topological polar surface area (TPSA) is 56.2 Å². The van der Waals surface area contributed by atoms with Gasteiger partial charge in [-0.3, -0.25) is 4.40 Å². The molecule has 0 saturated carbocycles. The zero-order valence-corrected chi connectivity index (χ0v) is 13.2. The van der Waals surface area contributed by atoms with Crippen LogP contribution in [0.25, 0.3) is 28.5 Å². The van der Waals surface area contributed by atoms with Crippen LogP contribution in [0.1, 0.15) is 0 Å². The molecular formula is C16H10F2N4OS. The molecule has 0 N–H and O–H groups in total. The minimum Gasteiger partial charge on any atom is -0.432 e. The van der Waals surface area contributed by atoms with Crippen molar-refractivity contribution in [2.24, 2.45) is 0 Å². The third-order valence-corrected chi connectivity index (χ3v) is 4.07. The minimum absolute atomic E-state index is 0.176. The second kappa shape index (κ2) is 5.72. The Hall–Kier alpha value is -2.74. The fraction of sp³-hybridized carbons (Fsp3) is 0.0625. The lowest BCUT2D eigenvalue weighted by Crippen LogP contribution is -1.95. The monoisotopic (exact) mass is 344 g/mol. The molecule has 0 unspecified atom stereocenters. The number of nitrogens with zero attached hydrogens (tertiary/aromatic N) is 4. The predicted molar refractivity (Wildman–Crippen MR) is 85.6 cm³/mol. The van der Waals surface area contributed by atoms with E-state index in [1.807, 2.05) is 6.26 Å². The number of aromatic nitrogens is 4. The Balaban J connectivity index is 2.01. The molecule has 24 heavy (non-hydrogen) atoms. The van der Waals surface area contributed by atoms with E-state index < -0.39 is 11.6 Å². The van der Waals surface area contributed by atoms with Crippen LogP contribution in [-0.2, 0) is 0 Å². The molecule has 5 nitrogen and oxygen atoms in total. The minimum atomic E-state index is -0.698. The van der Waals surface area contributed by atoms with Crippen molar-refractivity contribution in [3.8, 4) is 22.6 Å². The van der Waals surface area contributed by atoms with E-state index >= 15 is 0 Å². The highest BCUT2D eigenvalue weighted by Crippen LogP contribution is 2.34. The number of rotatable bonds is 3. The molecule has 0 amide bonds. The van der Waals surface area contributed by atoms with E-state index in [-0.39, 0.29) is 5.56 Å². The van der Waals surface area contributed by atoms with Crippen molar-refractivity contribution in [2.75, 3.05) is 6.26 Å². The number of thioether (sulfide) groups is 1. The largest absolute Gasteiger partial charge is 0.432 e. The second-order valence-electron chi connectivity index (χ2n) is 4.92. The highest BCUT2D eigenvalue weighted by Gasteiger charge is 2.21. The smallest absolute Gasteiger partial charge is 0.306 e. The van der Waals surface area contributed by atoms with Gasteiger partial charge in [0.15, 0.2) is 5.16 Å². The molecule has 0 atom stereocenters. The van der Waals surface area contributed by atoms with E-state index in [1.54, 1.807) is 22.9 Å². The van der Waals surface area contributed by atoms with Crippen molar-refractivity contribution in [1.82, 2.24) is 19.4 Å². The van der Waals surface area contributed by atoms with Crippen LogP contribution >= 0.6 is 11.8 Å². The molecule has 3 heterocycles. The van der Waals surface area contributed by atoms with Crippen LogP contribution in [0.5, 0.6) is 0 Å². The normalized spacial score (nSPS) is 11.3. The van der Waals surface area contributed by atoms with Gasteiger partial charge >= 0.3 is 5.84 Å². The van der Waals surface area contributed by atoms with Gasteiger partial charge in [-0.1, -0.05) is 11.8 Å². The van der Waals surface area contributed by atoms with Crippen LogP contribution in [-0.4, -0.2) is 25.6 Å². The van der Waals surface area contributed by atoms with Gasteiger partial charge in [0.1, 0.15) is 29.3 Å². The molecule has 1 aromatic carbocycles. The van der Waals surface area contributed by atoms with Gasteiger partial charge in [-0.15, -0.1) is 0 Å². The van der Waals surface area contributed by atoms with E-state index in [4.69, 9.17) is 4.42 Å². The third kappa shape index (κ3) is 2.35. The van der Waals surface area contributed by atoms with E-state index in [0.717, 1.165) is 6.07 Å². The van der Waals surface area contributed by atoms with Gasteiger partial charge in [0.05, 0.1) is 5.69 Å². The van der Waals surface area contributed by atoms with E-state index in [9.17, 15) is 8.78 Å². The summed E-state index contributed by atoms with van der Waals surface area (Å²) < 4.78 is 34.5. The first-order chi connectivity index (χ1) is 11.7. The SMILES string of the molecule is CSc1nccc(-c2c(-c3ccc(F)cc3F)nc3occn23)n1. The summed E-state index contributed by atoms with van der Waals surface area (Å²) in [4.78, 5) is 12.9. The molecule has 120 valence electrons. The Morgan fingerprint density at radius 1 is 1.17 bits per heavy atom. The Bertz CT molecular complexity index is 1040. The maximum absolute atomic E-state index is 14.3. The zero-order chi connectivity index (χ0) is 16.7. The maximum atomic E-state index is 14.3. The van der Waals surface area contributed by atoms with Gasteiger partial charge in [0.2, 0.25) is 0 Å².